The SMILES string of the molecule is [2H]c1c([2H])c([2H])c(-c2c([2H])[c]([Ge]([CH3])([CH3])[CH3])c([2H])c([2H])[n+]2C)c(C)c1[2H]. The van der Waals surface area contributed by atoms with E-state index in [1.807, 2.05) is 17.3 Å². The van der Waals surface area contributed by atoms with E-state index < -0.39 is 13.3 Å². The van der Waals surface area contributed by atoms with Crippen molar-refractivity contribution in [1.82, 2.24) is 0 Å². The Bertz CT molecular complexity index is 859. The molecule has 0 saturated carbocycles. The Labute approximate surface area is 123 Å². The molecule has 0 aliphatic heterocycles. The quantitative estimate of drug-likeness (QED) is 0.593. The standard InChI is InChI=1S/C16H22GeN/c1-13-8-6-7-9-15(13)16-12-14(17(2,3)4)10-11-18(16)5/h6-12H,1-5H3/q+1/i6D,7D,8D,9D,10D,11D,12D. The van der Waals surface area contributed by atoms with Crippen LogP contribution in [0.15, 0.2) is 42.4 Å². The van der Waals surface area contributed by atoms with E-state index in [-0.39, 0.29) is 53.7 Å². The monoisotopic (exact) mass is 309 g/mol. The molecular weight excluding hydrogens is 279 g/mol. The third kappa shape index (κ3) is 2.66. The van der Waals surface area contributed by atoms with Crippen molar-refractivity contribution >= 4 is 17.7 Å². The fourth-order valence-corrected chi connectivity index (χ4v) is 3.59. The summed E-state index contributed by atoms with van der Waals surface area (Å²) in [6, 6.07) is -0.878. The molecule has 1 nitrogen and oxygen atoms in total. The summed E-state index contributed by atoms with van der Waals surface area (Å²) in [7, 11) is 1.56. The molecular formula is C16H22GeN+. The van der Waals surface area contributed by atoms with Crippen molar-refractivity contribution in [3.05, 3.63) is 48.0 Å². The molecule has 0 atom stereocenters. The Morgan fingerprint density at radius 1 is 1.11 bits per heavy atom. The van der Waals surface area contributed by atoms with E-state index >= 15 is 0 Å². The van der Waals surface area contributed by atoms with Gasteiger partial charge in [0.15, 0.2) is 0 Å². The Balaban J connectivity index is 3.09. The van der Waals surface area contributed by atoms with Crippen LogP contribution in [0, 0.1) is 6.92 Å². The number of hydrogen-bond donors (Lipinski definition) is 0. The molecule has 1 heterocycles. The van der Waals surface area contributed by atoms with Crippen molar-refractivity contribution in [3.8, 4) is 11.3 Å². The molecule has 0 N–H and O–H groups in total. The second-order valence-electron chi connectivity index (χ2n) is 5.39. The predicted molar refractivity (Wildman–Crippen MR) is 80.8 cm³/mol. The van der Waals surface area contributed by atoms with Crippen molar-refractivity contribution in [2.45, 2.75) is 24.2 Å². The maximum atomic E-state index is 8.68. The molecule has 0 unspecified atom stereocenters. The Morgan fingerprint density at radius 3 is 2.44 bits per heavy atom. The van der Waals surface area contributed by atoms with Crippen LogP contribution in [0.25, 0.3) is 11.3 Å². The molecule has 0 aliphatic carbocycles. The summed E-state index contributed by atoms with van der Waals surface area (Å²) in [5.74, 6) is 6.13. The number of aromatic nitrogens is 1. The van der Waals surface area contributed by atoms with E-state index in [1.165, 1.54) is 4.57 Å². The molecule has 0 saturated heterocycles. The van der Waals surface area contributed by atoms with Gasteiger partial charge in [-0.15, -0.1) is 0 Å². The first-order valence-corrected chi connectivity index (χ1v) is 13.2. The summed E-state index contributed by atoms with van der Waals surface area (Å²) >= 11 is -2.66. The second kappa shape index (κ2) is 4.89. The third-order valence-electron chi connectivity index (χ3n) is 2.79. The summed E-state index contributed by atoms with van der Waals surface area (Å²) in [5.41, 5.74) is 0.862. The predicted octanol–water partition coefficient (Wildman–Crippen LogP) is 3.03. The van der Waals surface area contributed by atoms with E-state index in [0.717, 1.165) is 0 Å². The van der Waals surface area contributed by atoms with Crippen LogP contribution in [0.1, 0.15) is 15.2 Å². The van der Waals surface area contributed by atoms with Gasteiger partial charge in [-0.2, -0.15) is 0 Å². The van der Waals surface area contributed by atoms with Crippen LogP contribution in [0.2, 0.25) is 17.3 Å². The van der Waals surface area contributed by atoms with Gasteiger partial charge in [-0.1, -0.05) is 0 Å². The van der Waals surface area contributed by atoms with Crippen LogP contribution in [-0.4, -0.2) is 13.3 Å². The van der Waals surface area contributed by atoms with Gasteiger partial charge < -0.3 is 0 Å². The Hall–Kier alpha value is -1.09. The van der Waals surface area contributed by atoms with Gasteiger partial charge >= 0.3 is 122 Å². The van der Waals surface area contributed by atoms with Crippen molar-refractivity contribution in [3.63, 3.8) is 0 Å². The first-order valence-electron chi connectivity index (χ1n) is 9.39. The minimum atomic E-state index is -2.66. The molecule has 0 bridgehead atoms. The number of hydrogen-bond acceptors (Lipinski definition) is 0. The number of pyridine rings is 1. The number of benzene rings is 1. The molecule has 2 aromatic rings. The first kappa shape index (κ1) is 6.90. The van der Waals surface area contributed by atoms with Crippen LogP contribution in [0.3, 0.4) is 0 Å². The summed E-state index contributed by atoms with van der Waals surface area (Å²) < 4.78 is 59.3. The fourth-order valence-electron chi connectivity index (χ4n) is 1.65. The average molecular weight is 308 g/mol. The van der Waals surface area contributed by atoms with Gasteiger partial charge in [-0.3, -0.25) is 0 Å². The minimum absolute atomic E-state index is 0.0437. The molecule has 0 spiro atoms. The molecule has 0 fully saturated rings. The molecule has 1 aromatic heterocycles. The van der Waals surface area contributed by atoms with Gasteiger partial charge in [0, 0.05) is 0 Å². The fraction of sp³-hybridized carbons (Fsp3) is 0.312. The second-order valence-corrected chi connectivity index (χ2v) is 15.9. The van der Waals surface area contributed by atoms with Gasteiger partial charge in [0.1, 0.15) is 0 Å². The summed E-state index contributed by atoms with van der Waals surface area (Å²) in [5, 5.41) is 0. The topological polar surface area (TPSA) is 3.88 Å². The Morgan fingerprint density at radius 2 is 1.78 bits per heavy atom. The molecule has 0 amide bonds. The zero-order valence-corrected chi connectivity index (χ0v) is 13.5. The molecule has 0 radical (unpaired) electrons. The van der Waals surface area contributed by atoms with Crippen LogP contribution < -0.4 is 8.96 Å². The number of nitrogens with zero attached hydrogens (tertiary/aromatic N) is 1. The van der Waals surface area contributed by atoms with E-state index in [1.54, 1.807) is 14.0 Å². The zero-order valence-electron chi connectivity index (χ0n) is 18.4. The summed E-state index contributed by atoms with van der Waals surface area (Å²) in [4.78, 5) is 0. The normalized spacial score (nSPS) is 17.1. The van der Waals surface area contributed by atoms with Crippen LogP contribution in [0.5, 0.6) is 0 Å². The molecule has 2 heteroatoms. The molecule has 1 aromatic carbocycles. The van der Waals surface area contributed by atoms with E-state index in [9.17, 15) is 0 Å². The zero-order chi connectivity index (χ0) is 19.4. The molecule has 2 rings (SSSR count). The maximum absolute atomic E-state index is 8.68. The van der Waals surface area contributed by atoms with Gasteiger partial charge in [0.2, 0.25) is 0 Å². The summed E-state index contributed by atoms with van der Waals surface area (Å²) in [6.45, 7) is 1.60. The average Bonchev–Trinajstić information content (AvgIpc) is 2.51. The number of rotatable bonds is 2. The van der Waals surface area contributed by atoms with E-state index in [4.69, 9.17) is 9.60 Å². The molecule has 94 valence electrons. The van der Waals surface area contributed by atoms with Crippen molar-refractivity contribution < 1.29 is 14.2 Å². The van der Waals surface area contributed by atoms with Crippen LogP contribution in [-0.2, 0) is 7.05 Å². The van der Waals surface area contributed by atoms with E-state index in [0.29, 0.717) is 9.96 Å². The van der Waals surface area contributed by atoms with Crippen LogP contribution >= 0.6 is 0 Å². The summed E-state index contributed by atoms with van der Waals surface area (Å²) in [6.07, 6.45) is -0.0478. The molecule has 0 aliphatic rings. The van der Waals surface area contributed by atoms with Gasteiger partial charge in [0.25, 0.3) is 0 Å². The first-order chi connectivity index (χ1) is 11.3. The third-order valence-corrected chi connectivity index (χ3v) is 6.46. The molecule has 18 heavy (non-hydrogen) atoms. The van der Waals surface area contributed by atoms with Crippen molar-refractivity contribution in [1.29, 1.82) is 0 Å². The van der Waals surface area contributed by atoms with Gasteiger partial charge in [-0.05, 0) is 0 Å². The van der Waals surface area contributed by atoms with E-state index in [2.05, 4.69) is 0 Å². The van der Waals surface area contributed by atoms with Gasteiger partial charge in [-0.25, -0.2) is 0 Å². The Kier molecular flexibility index (Phi) is 1.87. The van der Waals surface area contributed by atoms with Gasteiger partial charge in [0.05, 0.1) is 0 Å². The van der Waals surface area contributed by atoms with Crippen LogP contribution in [0.4, 0.5) is 0 Å². The van der Waals surface area contributed by atoms with Crippen molar-refractivity contribution in [2.24, 2.45) is 7.05 Å². The van der Waals surface area contributed by atoms with Crippen molar-refractivity contribution in [2.75, 3.05) is 0 Å².